The number of carboxylic acids is 1. The smallest absolute Gasteiger partial charge is 0.323 e. The average molecular weight is 243 g/mol. The third-order valence-corrected chi connectivity index (χ3v) is 3.24. The van der Waals surface area contributed by atoms with Gasteiger partial charge in [-0.3, -0.25) is 4.79 Å². The van der Waals surface area contributed by atoms with Gasteiger partial charge in [0, 0.05) is 0 Å². The van der Waals surface area contributed by atoms with Crippen molar-refractivity contribution in [2.75, 3.05) is 6.54 Å². The maximum absolute atomic E-state index is 11.3. The van der Waals surface area contributed by atoms with Crippen molar-refractivity contribution in [1.29, 1.82) is 0 Å². The molecule has 0 saturated heterocycles. The molecule has 0 spiro atoms. The SMILES string of the molecule is CCCCCCC(C)(NCCC(C)C)C(=O)O. The summed E-state index contributed by atoms with van der Waals surface area (Å²) in [6, 6.07) is 0. The van der Waals surface area contributed by atoms with Crippen LogP contribution in [0.5, 0.6) is 0 Å². The molecule has 0 aliphatic heterocycles. The first-order valence-electron chi connectivity index (χ1n) is 6.90. The summed E-state index contributed by atoms with van der Waals surface area (Å²) in [6.45, 7) is 9.06. The molecule has 3 heteroatoms. The molecule has 102 valence electrons. The van der Waals surface area contributed by atoms with Crippen molar-refractivity contribution in [2.24, 2.45) is 5.92 Å². The van der Waals surface area contributed by atoms with Crippen molar-refractivity contribution in [3.8, 4) is 0 Å². The molecule has 0 fully saturated rings. The minimum Gasteiger partial charge on any atom is -0.480 e. The number of unbranched alkanes of at least 4 members (excludes halogenated alkanes) is 3. The maximum atomic E-state index is 11.3. The molecule has 2 N–H and O–H groups in total. The lowest BCUT2D eigenvalue weighted by Gasteiger charge is -2.26. The van der Waals surface area contributed by atoms with E-state index in [1.807, 2.05) is 6.92 Å². The lowest BCUT2D eigenvalue weighted by molar-refractivity contribution is -0.144. The van der Waals surface area contributed by atoms with Gasteiger partial charge in [-0.25, -0.2) is 0 Å². The van der Waals surface area contributed by atoms with Gasteiger partial charge in [0.1, 0.15) is 5.54 Å². The first-order chi connectivity index (χ1) is 7.92. The summed E-state index contributed by atoms with van der Waals surface area (Å²) in [5, 5.41) is 12.5. The molecule has 17 heavy (non-hydrogen) atoms. The molecule has 1 unspecified atom stereocenters. The molecular weight excluding hydrogens is 214 g/mol. The summed E-state index contributed by atoms with van der Waals surface area (Å²) in [6.07, 6.45) is 6.25. The van der Waals surface area contributed by atoms with E-state index in [0.29, 0.717) is 5.92 Å². The van der Waals surface area contributed by atoms with Crippen molar-refractivity contribution in [3.05, 3.63) is 0 Å². The van der Waals surface area contributed by atoms with E-state index in [-0.39, 0.29) is 0 Å². The molecule has 0 heterocycles. The third-order valence-electron chi connectivity index (χ3n) is 3.24. The van der Waals surface area contributed by atoms with E-state index in [4.69, 9.17) is 0 Å². The van der Waals surface area contributed by atoms with Gasteiger partial charge >= 0.3 is 5.97 Å². The quantitative estimate of drug-likeness (QED) is 0.578. The molecule has 0 aromatic rings. The van der Waals surface area contributed by atoms with Crippen LogP contribution in [0.25, 0.3) is 0 Å². The standard InChI is InChI=1S/C14H29NO2/c1-5-6-7-8-10-14(4,13(16)17)15-11-9-12(2)3/h12,15H,5-11H2,1-4H3,(H,16,17). The lowest BCUT2D eigenvalue weighted by atomic mass is 9.93. The zero-order valence-corrected chi connectivity index (χ0v) is 11.9. The van der Waals surface area contributed by atoms with E-state index < -0.39 is 11.5 Å². The highest BCUT2D eigenvalue weighted by atomic mass is 16.4. The Morgan fingerprint density at radius 1 is 1.29 bits per heavy atom. The largest absolute Gasteiger partial charge is 0.480 e. The fraction of sp³-hybridized carbons (Fsp3) is 0.929. The number of aliphatic carboxylic acids is 1. The molecule has 0 bridgehead atoms. The van der Waals surface area contributed by atoms with Crippen LogP contribution in [-0.2, 0) is 4.79 Å². The molecule has 3 nitrogen and oxygen atoms in total. The van der Waals surface area contributed by atoms with E-state index in [9.17, 15) is 9.90 Å². The molecule has 0 amide bonds. The van der Waals surface area contributed by atoms with Crippen LogP contribution in [0.15, 0.2) is 0 Å². The van der Waals surface area contributed by atoms with Crippen molar-refractivity contribution >= 4 is 5.97 Å². The third kappa shape index (κ3) is 7.37. The Morgan fingerprint density at radius 2 is 1.94 bits per heavy atom. The zero-order valence-electron chi connectivity index (χ0n) is 11.9. The summed E-state index contributed by atoms with van der Waals surface area (Å²) in [5.74, 6) is -0.113. The van der Waals surface area contributed by atoms with Crippen LogP contribution in [0, 0.1) is 5.92 Å². The number of carboxylic acid groups (broad SMARTS) is 1. The molecular formula is C14H29NO2. The summed E-state index contributed by atoms with van der Waals surface area (Å²) in [7, 11) is 0. The van der Waals surface area contributed by atoms with Crippen LogP contribution < -0.4 is 5.32 Å². The molecule has 0 aromatic carbocycles. The van der Waals surface area contributed by atoms with E-state index >= 15 is 0 Å². The highest BCUT2D eigenvalue weighted by Crippen LogP contribution is 2.16. The Bertz CT molecular complexity index is 216. The molecule has 0 radical (unpaired) electrons. The lowest BCUT2D eigenvalue weighted by Crippen LogP contribution is -2.50. The van der Waals surface area contributed by atoms with Crippen LogP contribution in [0.2, 0.25) is 0 Å². The predicted molar refractivity (Wildman–Crippen MR) is 72.3 cm³/mol. The van der Waals surface area contributed by atoms with Crippen molar-refractivity contribution in [1.82, 2.24) is 5.32 Å². The van der Waals surface area contributed by atoms with Gasteiger partial charge in [-0.15, -0.1) is 0 Å². The van der Waals surface area contributed by atoms with Crippen LogP contribution in [0.3, 0.4) is 0 Å². The summed E-state index contributed by atoms with van der Waals surface area (Å²) >= 11 is 0. The minimum atomic E-state index is -0.747. The summed E-state index contributed by atoms with van der Waals surface area (Å²) in [4.78, 5) is 11.3. The number of carbonyl (C=O) groups is 1. The highest BCUT2D eigenvalue weighted by molar-refractivity contribution is 5.78. The molecule has 0 aliphatic rings. The van der Waals surface area contributed by atoms with Gasteiger partial charge in [-0.2, -0.15) is 0 Å². The van der Waals surface area contributed by atoms with Gasteiger partial charge in [-0.1, -0.05) is 46.5 Å². The Labute approximate surface area is 106 Å². The highest BCUT2D eigenvalue weighted by Gasteiger charge is 2.31. The Balaban J connectivity index is 4.03. The van der Waals surface area contributed by atoms with Gasteiger partial charge < -0.3 is 10.4 Å². The molecule has 0 aliphatic carbocycles. The first kappa shape index (κ1) is 16.4. The molecule has 0 aromatic heterocycles. The second-order valence-corrected chi connectivity index (χ2v) is 5.56. The topological polar surface area (TPSA) is 49.3 Å². The fourth-order valence-corrected chi connectivity index (χ4v) is 1.81. The van der Waals surface area contributed by atoms with E-state index in [1.54, 1.807) is 0 Å². The van der Waals surface area contributed by atoms with Gasteiger partial charge in [0.05, 0.1) is 0 Å². The van der Waals surface area contributed by atoms with E-state index in [0.717, 1.165) is 32.2 Å². The number of rotatable bonds is 10. The minimum absolute atomic E-state index is 0.612. The van der Waals surface area contributed by atoms with Crippen LogP contribution in [0.1, 0.15) is 66.2 Å². The molecule has 1 atom stereocenters. The van der Waals surface area contributed by atoms with Gasteiger partial charge in [0.25, 0.3) is 0 Å². The Hall–Kier alpha value is -0.570. The molecule has 0 rings (SSSR count). The summed E-state index contributed by atoms with van der Waals surface area (Å²) < 4.78 is 0. The number of hydrogen-bond acceptors (Lipinski definition) is 2. The maximum Gasteiger partial charge on any atom is 0.323 e. The average Bonchev–Trinajstić information content (AvgIpc) is 2.23. The normalized spacial score (nSPS) is 14.9. The van der Waals surface area contributed by atoms with Gasteiger partial charge in [0.2, 0.25) is 0 Å². The first-order valence-corrected chi connectivity index (χ1v) is 6.90. The van der Waals surface area contributed by atoms with Crippen molar-refractivity contribution < 1.29 is 9.90 Å². The van der Waals surface area contributed by atoms with Crippen LogP contribution in [-0.4, -0.2) is 23.2 Å². The monoisotopic (exact) mass is 243 g/mol. The second-order valence-electron chi connectivity index (χ2n) is 5.56. The van der Waals surface area contributed by atoms with Crippen molar-refractivity contribution in [2.45, 2.75) is 71.8 Å². The number of nitrogens with one attached hydrogen (secondary N) is 1. The van der Waals surface area contributed by atoms with Crippen molar-refractivity contribution in [3.63, 3.8) is 0 Å². The van der Waals surface area contributed by atoms with Crippen LogP contribution in [0.4, 0.5) is 0 Å². The molecule has 0 saturated carbocycles. The summed E-state index contributed by atoms with van der Waals surface area (Å²) in [5.41, 5.74) is -0.747. The second kappa shape index (κ2) is 8.51. The zero-order chi connectivity index (χ0) is 13.3. The fourth-order valence-electron chi connectivity index (χ4n) is 1.81. The van der Waals surface area contributed by atoms with Crippen LogP contribution >= 0.6 is 0 Å². The van der Waals surface area contributed by atoms with E-state index in [1.165, 1.54) is 12.8 Å². The van der Waals surface area contributed by atoms with Gasteiger partial charge in [-0.05, 0) is 32.2 Å². The Morgan fingerprint density at radius 3 is 2.41 bits per heavy atom. The van der Waals surface area contributed by atoms with E-state index in [2.05, 4.69) is 26.1 Å². The van der Waals surface area contributed by atoms with Gasteiger partial charge in [0.15, 0.2) is 0 Å². The number of hydrogen-bond donors (Lipinski definition) is 2. The Kier molecular flexibility index (Phi) is 8.23. The predicted octanol–water partition coefficient (Wildman–Crippen LogP) is 3.44.